The van der Waals surface area contributed by atoms with E-state index < -0.39 is 11.6 Å². The van der Waals surface area contributed by atoms with Crippen LogP contribution in [-0.4, -0.2) is 22.0 Å². The second kappa shape index (κ2) is 8.05. The summed E-state index contributed by atoms with van der Waals surface area (Å²) in [7, 11) is 1.41. The van der Waals surface area contributed by atoms with Gasteiger partial charge in [-0.2, -0.15) is 0 Å². The van der Waals surface area contributed by atoms with Gasteiger partial charge in [-0.3, -0.25) is 0 Å². The molecule has 26 heavy (non-hydrogen) atoms. The SMILES string of the molecule is COc1ccc(CSc2nnc(COc3ccccc3F)n2N)cc1F. The van der Waals surface area contributed by atoms with Crippen LogP contribution in [-0.2, 0) is 12.4 Å². The van der Waals surface area contributed by atoms with E-state index in [1.54, 1.807) is 24.3 Å². The van der Waals surface area contributed by atoms with E-state index in [0.29, 0.717) is 16.7 Å². The van der Waals surface area contributed by atoms with E-state index in [1.165, 1.54) is 41.7 Å². The van der Waals surface area contributed by atoms with Crippen molar-refractivity contribution in [2.75, 3.05) is 13.0 Å². The second-order valence-electron chi connectivity index (χ2n) is 5.25. The maximum atomic E-state index is 13.7. The van der Waals surface area contributed by atoms with E-state index in [9.17, 15) is 8.78 Å². The summed E-state index contributed by atoms with van der Waals surface area (Å²) in [6, 6.07) is 10.8. The zero-order valence-corrected chi connectivity index (χ0v) is 14.7. The van der Waals surface area contributed by atoms with E-state index in [2.05, 4.69) is 10.2 Å². The fraction of sp³-hybridized carbons (Fsp3) is 0.176. The number of methoxy groups -OCH3 is 1. The molecule has 2 aromatic carbocycles. The number of benzene rings is 2. The molecule has 0 amide bonds. The molecule has 0 radical (unpaired) electrons. The minimum absolute atomic E-state index is 0.0256. The summed E-state index contributed by atoms with van der Waals surface area (Å²) < 4.78 is 38.8. The third kappa shape index (κ3) is 4.05. The van der Waals surface area contributed by atoms with E-state index in [0.717, 1.165) is 5.56 Å². The molecule has 0 atom stereocenters. The smallest absolute Gasteiger partial charge is 0.210 e. The Kier molecular flexibility index (Phi) is 5.57. The summed E-state index contributed by atoms with van der Waals surface area (Å²) in [5.41, 5.74) is 0.750. The third-order valence-corrected chi connectivity index (χ3v) is 4.53. The third-order valence-electron chi connectivity index (χ3n) is 3.51. The molecule has 3 rings (SSSR count). The fourth-order valence-corrected chi connectivity index (χ4v) is 2.97. The van der Waals surface area contributed by atoms with Crippen LogP contribution in [0.5, 0.6) is 11.5 Å². The number of nitrogen functional groups attached to an aromatic ring is 1. The lowest BCUT2D eigenvalue weighted by molar-refractivity contribution is 0.277. The molecule has 0 saturated carbocycles. The van der Waals surface area contributed by atoms with Gasteiger partial charge >= 0.3 is 0 Å². The van der Waals surface area contributed by atoms with E-state index >= 15 is 0 Å². The number of ether oxygens (including phenoxy) is 2. The monoisotopic (exact) mass is 378 g/mol. The Morgan fingerprint density at radius 2 is 1.88 bits per heavy atom. The number of halogens is 2. The van der Waals surface area contributed by atoms with Crippen LogP contribution in [0.3, 0.4) is 0 Å². The number of nitrogens with zero attached hydrogens (tertiary/aromatic N) is 3. The van der Waals surface area contributed by atoms with Crippen molar-refractivity contribution in [2.24, 2.45) is 0 Å². The van der Waals surface area contributed by atoms with Gasteiger partial charge in [-0.25, -0.2) is 13.5 Å². The first-order valence-electron chi connectivity index (χ1n) is 7.60. The van der Waals surface area contributed by atoms with Gasteiger partial charge in [0.1, 0.15) is 6.61 Å². The van der Waals surface area contributed by atoms with Crippen molar-refractivity contribution in [2.45, 2.75) is 17.5 Å². The summed E-state index contributed by atoms with van der Waals surface area (Å²) in [6.07, 6.45) is 0. The van der Waals surface area contributed by atoms with Gasteiger partial charge in [-0.1, -0.05) is 30.0 Å². The van der Waals surface area contributed by atoms with Crippen LogP contribution in [0.15, 0.2) is 47.6 Å². The van der Waals surface area contributed by atoms with Crippen molar-refractivity contribution in [1.29, 1.82) is 0 Å². The Labute approximate surface area is 152 Å². The molecular formula is C17H16F2N4O2S. The van der Waals surface area contributed by atoms with Crippen molar-refractivity contribution in [1.82, 2.24) is 14.9 Å². The molecule has 6 nitrogen and oxygen atoms in total. The first-order valence-corrected chi connectivity index (χ1v) is 8.59. The van der Waals surface area contributed by atoms with Crippen LogP contribution in [0.25, 0.3) is 0 Å². The standard InChI is InChI=1S/C17H16F2N4O2S/c1-24-14-7-6-11(8-13(14)19)10-26-17-22-21-16(23(17)20)9-25-15-5-3-2-4-12(15)18/h2-8H,9-10,20H2,1H3. The summed E-state index contributed by atoms with van der Waals surface area (Å²) in [4.78, 5) is 0. The van der Waals surface area contributed by atoms with E-state index in [4.69, 9.17) is 15.3 Å². The van der Waals surface area contributed by atoms with Gasteiger partial charge in [-0.05, 0) is 29.8 Å². The van der Waals surface area contributed by atoms with Gasteiger partial charge in [0.05, 0.1) is 7.11 Å². The Balaban J connectivity index is 1.62. The zero-order valence-electron chi connectivity index (χ0n) is 13.9. The maximum Gasteiger partial charge on any atom is 0.210 e. The molecule has 0 aliphatic heterocycles. The molecule has 9 heteroatoms. The van der Waals surface area contributed by atoms with Crippen LogP contribution >= 0.6 is 11.8 Å². The number of nitrogens with two attached hydrogens (primary N) is 1. The van der Waals surface area contributed by atoms with Crippen molar-refractivity contribution in [3.63, 3.8) is 0 Å². The Bertz CT molecular complexity index is 904. The molecule has 0 spiro atoms. The van der Waals surface area contributed by atoms with Gasteiger partial charge in [0.2, 0.25) is 5.16 Å². The van der Waals surface area contributed by atoms with Crippen LogP contribution in [0.4, 0.5) is 8.78 Å². The lowest BCUT2D eigenvalue weighted by Gasteiger charge is -2.07. The molecule has 136 valence electrons. The molecule has 2 N–H and O–H groups in total. The number of para-hydroxylation sites is 1. The molecule has 0 bridgehead atoms. The van der Waals surface area contributed by atoms with Crippen LogP contribution in [0, 0.1) is 11.6 Å². The molecule has 0 aliphatic carbocycles. The van der Waals surface area contributed by atoms with E-state index in [-0.39, 0.29) is 18.1 Å². The first-order chi connectivity index (χ1) is 12.6. The fourth-order valence-electron chi connectivity index (χ4n) is 2.16. The highest BCUT2D eigenvalue weighted by Gasteiger charge is 2.13. The zero-order chi connectivity index (χ0) is 18.5. The van der Waals surface area contributed by atoms with E-state index in [1.807, 2.05) is 0 Å². The number of thioether (sulfide) groups is 1. The van der Waals surface area contributed by atoms with Crippen LogP contribution in [0.1, 0.15) is 11.4 Å². The van der Waals surface area contributed by atoms with Gasteiger partial charge < -0.3 is 15.3 Å². The Morgan fingerprint density at radius 3 is 2.62 bits per heavy atom. The number of aromatic nitrogens is 3. The minimum Gasteiger partial charge on any atom is -0.494 e. The predicted octanol–water partition coefficient (Wildman–Crippen LogP) is 3.15. The average molecular weight is 378 g/mol. The van der Waals surface area contributed by atoms with Crippen LogP contribution < -0.4 is 15.3 Å². The highest BCUT2D eigenvalue weighted by atomic mass is 32.2. The first kappa shape index (κ1) is 18.0. The number of hydrogen-bond donors (Lipinski definition) is 1. The van der Waals surface area contributed by atoms with Gasteiger partial charge in [-0.15, -0.1) is 10.2 Å². The number of rotatable bonds is 7. The normalized spacial score (nSPS) is 10.7. The second-order valence-corrected chi connectivity index (χ2v) is 6.19. The largest absolute Gasteiger partial charge is 0.494 e. The predicted molar refractivity (Wildman–Crippen MR) is 93.4 cm³/mol. The lowest BCUT2D eigenvalue weighted by Crippen LogP contribution is -2.16. The van der Waals surface area contributed by atoms with Gasteiger partial charge in [0, 0.05) is 5.75 Å². The molecule has 0 fully saturated rings. The molecule has 0 aliphatic rings. The number of hydrogen-bond acceptors (Lipinski definition) is 6. The van der Waals surface area contributed by atoms with Crippen molar-refractivity contribution in [3.05, 3.63) is 65.5 Å². The highest BCUT2D eigenvalue weighted by molar-refractivity contribution is 7.98. The molecule has 3 aromatic rings. The topological polar surface area (TPSA) is 75.2 Å². The molecule has 1 aromatic heterocycles. The summed E-state index contributed by atoms with van der Waals surface area (Å²) in [5.74, 6) is 6.14. The van der Waals surface area contributed by atoms with Gasteiger partial charge in [0.25, 0.3) is 0 Å². The lowest BCUT2D eigenvalue weighted by atomic mass is 10.2. The van der Waals surface area contributed by atoms with Crippen LogP contribution in [0.2, 0.25) is 0 Å². The van der Waals surface area contributed by atoms with Gasteiger partial charge in [0.15, 0.2) is 29.0 Å². The quantitative estimate of drug-likeness (QED) is 0.503. The molecular weight excluding hydrogens is 362 g/mol. The van der Waals surface area contributed by atoms with Crippen molar-refractivity contribution >= 4 is 11.8 Å². The highest BCUT2D eigenvalue weighted by Crippen LogP contribution is 2.24. The Morgan fingerprint density at radius 1 is 1.08 bits per heavy atom. The summed E-state index contributed by atoms with van der Waals surface area (Å²) >= 11 is 1.30. The molecule has 0 saturated heterocycles. The summed E-state index contributed by atoms with van der Waals surface area (Å²) in [5, 5.41) is 8.36. The Hall–Kier alpha value is -2.81. The molecule has 0 unspecified atom stereocenters. The van der Waals surface area contributed by atoms with Crippen molar-refractivity contribution < 1.29 is 18.3 Å². The minimum atomic E-state index is -0.466. The maximum absolute atomic E-state index is 13.7. The average Bonchev–Trinajstić information content (AvgIpc) is 2.99. The van der Waals surface area contributed by atoms with Crippen molar-refractivity contribution in [3.8, 4) is 11.5 Å². The summed E-state index contributed by atoms with van der Waals surface area (Å²) in [6.45, 7) is -0.0256. The molecule has 1 heterocycles.